The van der Waals surface area contributed by atoms with Crippen LogP contribution in [0.3, 0.4) is 0 Å². The molecule has 1 aromatic carbocycles. The molecule has 7 nitrogen and oxygen atoms in total. The Bertz CT molecular complexity index is 1050. The summed E-state index contributed by atoms with van der Waals surface area (Å²) in [5.41, 5.74) is 1.98. The van der Waals surface area contributed by atoms with Gasteiger partial charge in [0.2, 0.25) is 5.91 Å². The molecule has 1 N–H and O–H groups in total. The van der Waals surface area contributed by atoms with Gasteiger partial charge in [-0.1, -0.05) is 30.3 Å². The second-order valence-corrected chi connectivity index (χ2v) is 6.27. The highest BCUT2D eigenvalue weighted by Crippen LogP contribution is 2.20. The average molecular weight is 361 g/mol. The molecular weight excluding hydrogens is 342 g/mol. The van der Waals surface area contributed by atoms with Crippen LogP contribution >= 0.6 is 0 Å². The molecule has 7 heteroatoms. The molecule has 0 saturated heterocycles. The molecule has 0 bridgehead atoms. The van der Waals surface area contributed by atoms with Crippen LogP contribution in [0.15, 0.2) is 71.5 Å². The quantitative estimate of drug-likeness (QED) is 0.571. The van der Waals surface area contributed by atoms with Crippen LogP contribution in [0.1, 0.15) is 11.3 Å². The van der Waals surface area contributed by atoms with Crippen LogP contribution in [0.25, 0.3) is 11.3 Å². The zero-order valence-corrected chi connectivity index (χ0v) is 14.9. The number of hydrogen-bond acceptors (Lipinski definition) is 4. The van der Waals surface area contributed by atoms with Crippen molar-refractivity contribution < 1.29 is 9.21 Å². The van der Waals surface area contributed by atoms with Crippen molar-refractivity contribution in [2.24, 2.45) is 0 Å². The van der Waals surface area contributed by atoms with Gasteiger partial charge in [-0.3, -0.25) is 14.2 Å². The number of anilines is 1. The third-order valence-electron chi connectivity index (χ3n) is 4.06. The highest BCUT2D eigenvalue weighted by atomic mass is 16.3. The van der Waals surface area contributed by atoms with Crippen molar-refractivity contribution in [2.75, 3.05) is 5.32 Å². The van der Waals surface area contributed by atoms with Gasteiger partial charge in [-0.15, -0.1) is 0 Å². The Hall–Kier alpha value is -3.61. The smallest absolute Gasteiger partial charge is 0.247 e. The standard InChI is InChI=1S/C20H19N5O2/c1-15-7-8-18(27-15)17-11-21-25(13-17)14-20(26)22-19-9-10-24(23-19)12-16-5-3-2-4-6-16/h2-11,13H,12,14H2,1H3,(H,22,23,26). The fourth-order valence-electron chi connectivity index (χ4n) is 2.78. The van der Waals surface area contributed by atoms with E-state index in [1.807, 2.05) is 55.6 Å². The topological polar surface area (TPSA) is 77.9 Å². The van der Waals surface area contributed by atoms with Gasteiger partial charge in [0, 0.05) is 18.5 Å². The number of hydrogen-bond donors (Lipinski definition) is 1. The lowest BCUT2D eigenvalue weighted by Crippen LogP contribution is -2.19. The molecule has 3 heterocycles. The average Bonchev–Trinajstić information content (AvgIpc) is 3.38. The minimum absolute atomic E-state index is 0.102. The van der Waals surface area contributed by atoms with Crippen molar-refractivity contribution in [3.63, 3.8) is 0 Å². The molecule has 0 saturated carbocycles. The molecule has 0 atom stereocenters. The van der Waals surface area contributed by atoms with E-state index in [9.17, 15) is 4.79 Å². The van der Waals surface area contributed by atoms with Gasteiger partial charge >= 0.3 is 0 Å². The second kappa shape index (κ2) is 7.33. The lowest BCUT2D eigenvalue weighted by Gasteiger charge is -2.03. The highest BCUT2D eigenvalue weighted by Gasteiger charge is 2.10. The van der Waals surface area contributed by atoms with E-state index >= 15 is 0 Å². The summed E-state index contributed by atoms with van der Waals surface area (Å²) in [6.07, 6.45) is 5.31. The van der Waals surface area contributed by atoms with E-state index in [0.717, 1.165) is 22.6 Å². The summed E-state index contributed by atoms with van der Waals surface area (Å²) in [5.74, 6) is 1.90. The number of rotatable bonds is 6. The molecule has 0 aliphatic carbocycles. The van der Waals surface area contributed by atoms with Crippen molar-refractivity contribution >= 4 is 11.7 Å². The molecule has 3 aromatic heterocycles. The molecule has 0 radical (unpaired) electrons. The third-order valence-corrected chi connectivity index (χ3v) is 4.06. The van der Waals surface area contributed by atoms with Gasteiger partial charge in [-0.2, -0.15) is 10.2 Å². The van der Waals surface area contributed by atoms with Crippen LogP contribution in [0.2, 0.25) is 0 Å². The zero-order valence-electron chi connectivity index (χ0n) is 14.9. The second-order valence-electron chi connectivity index (χ2n) is 6.27. The largest absolute Gasteiger partial charge is 0.461 e. The first kappa shape index (κ1) is 16.8. The molecule has 136 valence electrons. The van der Waals surface area contributed by atoms with Crippen LogP contribution in [-0.4, -0.2) is 25.5 Å². The monoisotopic (exact) mass is 361 g/mol. The lowest BCUT2D eigenvalue weighted by atomic mass is 10.2. The maximum Gasteiger partial charge on any atom is 0.247 e. The Morgan fingerprint density at radius 3 is 2.74 bits per heavy atom. The molecule has 27 heavy (non-hydrogen) atoms. The van der Waals surface area contributed by atoms with Gasteiger partial charge < -0.3 is 9.73 Å². The first-order chi connectivity index (χ1) is 13.2. The van der Waals surface area contributed by atoms with Crippen molar-refractivity contribution in [3.05, 3.63) is 78.4 Å². The van der Waals surface area contributed by atoms with Crippen LogP contribution in [0.5, 0.6) is 0 Å². The van der Waals surface area contributed by atoms with E-state index in [1.54, 1.807) is 27.8 Å². The van der Waals surface area contributed by atoms with Crippen molar-refractivity contribution in [2.45, 2.75) is 20.0 Å². The Morgan fingerprint density at radius 2 is 1.96 bits per heavy atom. The number of nitrogens with one attached hydrogen (secondary N) is 1. The minimum atomic E-state index is -0.190. The third kappa shape index (κ3) is 4.14. The Kier molecular flexibility index (Phi) is 4.57. The number of amides is 1. The Morgan fingerprint density at radius 1 is 1.11 bits per heavy atom. The van der Waals surface area contributed by atoms with Gasteiger partial charge in [-0.25, -0.2) is 0 Å². The highest BCUT2D eigenvalue weighted by molar-refractivity contribution is 5.89. The summed E-state index contributed by atoms with van der Waals surface area (Å²) in [4.78, 5) is 12.3. The number of furan rings is 1. The minimum Gasteiger partial charge on any atom is -0.461 e. The molecule has 0 unspecified atom stereocenters. The van der Waals surface area contributed by atoms with Crippen molar-refractivity contribution in [1.29, 1.82) is 0 Å². The SMILES string of the molecule is Cc1ccc(-c2cnn(CC(=O)Nc3ccn(Cc4ccccc4)n3)c2)o1. The number of carbonyl (C=O) groups is 1. The van der Waals surface area contributed by atoms with Crippen LogP contribution in [0.4, 0.5) is 5.82 Å². The predicted molar refractivity (Wildman–Crippen MR) is 101 cm³/mol. The molecule has 0 aliphatic heterocycles. The van der Waals surface area contributed by atoms with E-state index in [2.05, 4.69) is 15.5 Å². The summed E-state index contributed by atoms with van der Waals surface area (Å²) < 4.78 is 8.93. The van der Waals surface area contributed by atoms with Crippen LogP contribution in [0, 0.1) is 6.92 Å². The fraction of sp³-hybridized carbons (Fsp3) is 0.150. The van der Waals surface area contributed by atoms with Crippen LogP contribution < -0.4 is 5.32 Å². The van der Waals surface area contributed by atoms with Crippen molar-refractivity contribution in [3.8, 4) is 11.3 Å². The summed E-state index contributed by atoms with van der Waals surface area (Å²) >= 11 is 0. The zero-order chi connectivity index (χ0) is 18.6. The molecule has 0 aliphatic rings. The molecule has 1 amide bonds. The molecule has 4 rings (SSSR count). The molecule has 0 spiro atoms. The maximum absolute atomic E-state index is 12.3. The fourth-order valence-corrected chi connectivity index (χ4v) is 2.78. The van der Waals surface area contributed by atoms with Gasteiger partial charge in [-0.05, 0) is 24.6 Å². The number of benzene rings is 1. The maximum atomic E-state index is 12.3. The number of nitrogens with zero attached hydrogens (tertiary/aromatic N) is 4. The van der Waals surface area contributed by atoms with Crippen LogP contribution in [-0.2, 0) is 17.9 Å². The summed E-state index contributed by atoms with van der Waals surface area (Å²) in [7, 11) is 0. The van der Waals surface area contributed by atoms with E-state index in [-0.39, 0.29) is 12.5 Å². The normalized spacial score (nSPS) is 10.9. The lowest BCUT2D eigenvalue weighted by molar-refractivity contribution is -0.116. The first-order valence-electron chi connectivity index (χ1n) is 8.62. The van der Waals surface area contributed by atoms with E-state index in [4.69, 9.17) is 4.42 Å². The Labute approximate surface area is 156 Å². The van der Waals surface area contributed by atoms with Crippen molar-refractivity contribution in [1.82, 2.24) is 19.6 Å². The summed E-state index contributed by atoms with van der Waals surface area (Å²) in [5, 5.41) is 11.4. The molecule has 4 aromatic rings. The van der Waals surface area contributed by atoms with Gasteiger partial charge in [0.15, 0.2) is 5.82 Å². The summed E-state index contributed by atoms with van der Waals surface area (Å²) in [6, 6.07) is 15.6. The van der Waals surface area contributed by atoms with Gasteiger partial charge in [0.25, 0.3) is 0 Å². The van der Waals surface area contributed by atoms with Gasteiger partial charge in [0.1, 0.15) is 18.1 Å². The van der Waals surface area contributed by atoms with E-state index in [1.165, 1.54) is 0 Å². The molecule has 0 fully saturated rings. The summed E-state index contributed by atoms with van der Waals surface area (Å²) in [6.45, 7) is 2.64. The van der Waals surface area contributed by atoms with E-state index in [0.29, 0.717) is 12.4 Å². The predicted octanol–water partition coefficient (Wildman–Crippen LogP) is 3.34. The number of aryl methyl sites for hydroxylation is 1. The molecular formula is C20H19N5O2. The number of carbonyl (C=O) groups excluding carboxylic acids is 1. The number of aromatic nitrogens is 4. The van der Waals surface area contributed by atoms with E-state index < -0.39 is 0 Å². The van der Waals surface area contributed by atoms with Gasteiger partial charge in [0.05, 0.1) is 18.3 Å². The Balaban J connectivity index is 1.35. The first-order valence-corrected chi connectivity index (χ1v) is 8.62.